The molecular formula is C22H19F4N3O4. The van der Waals surface area contributed by atoms with Gasteiger partial charge in [-0.3, -0.25) is 9.59 Å². The first kappa shape index (κ1) is 23.9. The van der Waals surface area contributed by atoms with Crippen LogP contribution in [-0.2, 0) is 5.92 Å². The first-order valence-corrected chi connectivity index (χ1v) is 9.61. The topological polar surface area (TPSA) is 93.5 Å². The van der Waals surface area contributed by atoms with Gasteiger partial charge >= 0.3 is 0 Å². The van der Waals surface area contributed by atoms with E-state index in [2.05, 4.69) is 10.4 Å². The van der Waals surface area contributed by atoms with Gasteiger partial charge in [0.05, 0.1) is 18.7 Å². The third-order valence-electron chi connectivity index (χ3n) is 4.85. The molecule has 1 atom stereocenters. The van der Waals surface area contributed by atoms with E-state index in [0.29, 0.717) is 4.68 Å². The number of benzene rings is 2. The molecule has 2 aromatic carbocycles. The molecule has 1 aromatic heterocycles. The number of nitrogens with zero attached hydrogens (tertiary/aromatic N) is 2. The third kappa shape index (κ3) is 4.87. The minimum Gasteiger partial charge on any atom is -0.497 e. The highest BCUT2D eigenvalue weighted by atomic mass is 19.3. The van der Waals surface area contributed by atoms with Gasteiger partial charge in [0.2, 0.25) is 0 Å². The Morgan fingerprint density at radius 3 is 2.58 bits per heavy atom. The van der Waals surface area contributed by atoms with Crippen LogP contribution in [0.4, 0.5) is 17.6 Å². The lowest BCUT2D eigenvalue weighted by Gasteiger charge is -2.20. The summed E-state index contributed by atoms with van der Waals surface area (Å²) in [4.78, 5) is 24.8. The number of carbonyl (C=O) groups excluding carboxylic acids is 1. The Balaban J connectivity index is 1.90. The summed E-state index contributed by atoms with van der Waals surface area (Å²) in [7, 11) is 1.34. The van der Waals surface area contributed by atoms with Gasteiger partial charge in [0.15, 0.2) is 5.82 Å². The number of aliphatic hydroxyl groups excluding tert-OH is 1. The Morgan fingerprint density at radius 2 is 1.94 bits per heavy atom. The summed E-state index contributed by atoms with van der Waals surface area (Å²) in [6, 6.07) is 7.92. The summed E-state index contributed by atoms with van der Waals surface area (Å²) in [6.45, 7) is -0.224. The normalized spacial score (nSPS) is 12.3. The lowest BCUT2D eigenvalue weighted by molar-refractivity contribution is -0.0584. The fourth-order valence-electron chi connectivity index (χ4n) is 3.09. The van der Waals surface area contributed by atoms with Crippen LogP contribution in [-0.4, -0.2) is 34.5 Å². The SMILES string of the molecule is COc1ccc(-n2nc(C(=O)N[C@H](C)c3cccc(C(F)(F)CO)c3F)ccc2=O)c(F)c1. The van der Waals surface area contributed by atoms with Crippen LogP contribution in [0.25, 0.3) is 5.69 Å². The molecule has 7 nitrogen and oxygen atoms in total. The summed E-state index contributed by atoms with van der Waals surface area (Å²) in [5, 5.41) is 15.1. The van der Waals surface area contributed by atoms with E-state index in [0.717, 1.165) is 24.3 Å². The van der Waals surface area contributed by atoms with Crippen LogP contribution in [0.3, 0.4) is 0 Å². The molecule has 0 radical (unpaired) electrons. The van der Waals surface area contributed by atoms with Gasteiger partial charge in [-0.15, -0.1) is 0 Å². The Kier molecular flexibility index (Phi) is 6.82. The Labute approximate surface area is 185 Å². The highest BCUT2D eigenvalue weighted by Gasteiger charge is 2.35. The maximum Gasteiger partial charge on any atom is 0.298 e. The van der Waals surface area contributed by atoms with Crippen LogP contribution in [0.2, 0.25) is 0 Å². The van der Waals surface area contributed by atoms with Gasteiger partial charge in [0.1, 0.15) is 29.6 Å². The molecule has 0 saturated carbocycles. The number of methoxy groups -OCH3 is 1. The fourth-order valence-corrected chi connectivity index (χ4v) is 3.09. The van der Waals surface area contributed by atoms with Crippen molar-refractivity contribution in [3.8, 4) is 11.4 Å². The molecule has 3 aromatic rings. The van der Waals surface area contributed by atoms with E-state index in [4.69, 9.17) is 9.84 Å². The number of halogens is 4. The Bertz CT molecular complexity index is 1250. The number of carbonyl (C=O) groups is 1. The van der Waals surface area contributed by atoms with Crippen molar-refractivity contribution < 1.29 is 32.2 Å². The standard InChI is InChI=1S/C22H19F4N3O4/c1-12(14-4-3-5-15(20(14)24)22(25,26)11-30)27-21(32)17-7-9-19(31)29(28-17)18-8-6-13(33-2)10-16(18)23/h3-10,12,30H,11H2,1-2H3,(H,27,32)/t12-/m1/s1. The van der Waals surface area contributed by atoms with Gasteiger partial charge in [-0.25, -0.2) is 8.78 Å². The smallest absolute Gasteiger partial charge is 0.298 e. The van der Waals surface area contributed by atoms with Gasteiger partial charge in [0, 0.05) is 17.7 Å². The monoisotopic (exact) mass is 465 g/mol. The zero-order chi connectivity index (χ0) is 24.3. The van der Waals surface area contributed by atoms with E-state index < -0.39 is 47.2 Å². The van der Waals surface area contributed by atoms with Crippen molar-refractivity contribution in [2.75, 3.05) is 13.7 Å². The second-order valence-corrected chi connectivity index (χ2v) is 7.05. The van der Waals surface area contributed by atoms with Crippen molar-refractivity contribution >= 4 is 5.91 Å². The molecule has 0 saturated heterocycles. The van der Waals surface area contributed by atoms with E-state index >= 15 is 0 Å². The van der Waals surface area contributed by atoms with Crippen molar-refractivity contribution in [1.29, 1.82) is 0 Å². The van der Waals surface area contributed by atoms with Crippen LogP contribution in [0, 0.1) is 11.6 Å². The van der Waals surface area contributed by atoms with E-state index in [9.17, 15) is 27.2 Å². The maximum atomic E-state index is 14.6. The predicted octanol–water partition coefficient (Wildman–Crippen LogP) is 3.09. The molecule has 2 N–H and O–H groups in total. The zero-order valence-electron chi connectivity index (χ0n) is 17.5. The second kappa shape index (κ2) is 9.41. The second-order valence-electron chi connectivity index (χ2n) is 7.05. The van der Waals surface area contributed by atoms with Crippen LogP contribution < -0.4 is 15.6 Å². The highest BCUT2D eigenvalue weighted by Crippen LogP contribution is 2.32. The molecule has 0 aliphatic rings. The number of ether oxygens (including phenoxy) is 1. The van der Waals surface area contributed by atoms with E-state index in [1.807, 2.05) is 0 Å². The first-order chi connectivity index (χ1) is 15.6. The summed E-state index contributed by atoms with van der Waals surface area (Å²) >= 11 is 0. The first-order valence-electron chi connectivity index (χ1n) is 9.61. The Morgan fingerprint density at radius 1 is 1.21 bits per heavy atom. The molecule has 1 amide bonds. The number of rotatable bonds is 7. The predicted molar refractivity (Wildman–Crippen MR) is 110 cm³/mol. The van der Waals surface area contributed by atoms with Crippen molar-refractivity contribution in [2.45, 2.75) is 18.9 Å². The average molecular weight is 465 g/mol. The minimum absolute atomic E-state index is 0.211. The van der Waals surface area contributed by atoms with Crippen molar-refractivity contribution in [1.82, 2.24) is 15.1 Å². The van der Waals surface area contributed by atoms with Crippen LogP contribution in [0.5, 0.6) is 5.75 Å². The minimum atomic E-state index is -3.80. The van der Waals surface area contributed by atoms with E-state index in [-0.39, 0.29) is 22.7 Å². The highest BCUT2D eigenvalue weighted by molar-refractivity contribution is 5.92. The molecule has 0 spiro atoms. The van der Waals surface area contributed by atoms with E-state index in [1.54, 1.807) is 0 Å². The van der Waals surface area contributed by atoms with Gasteiger partial charge in [-0.05, 0) is 31.2 Å². The molecule has 174 valence electrons. The van der Waals surface area contributed by atoms with Gasteiger partial charge in [-0.2, -0.15) is 18.6 Å². The number of aromatic nitrogens is 2. The number of hydrogen-bond acceptors (Lipinski definition) is 5. The van der Waals surface area contributed by atoms with Crippen LogP contribution in [0.15, 0.2) is 53.3 Å². The summed E-state index contributed by atoms with van der Waals surface area (Å²) in [5.74, 6) is -6.54. The summed E-state index contributed by atoms with van der Waals surface area (Å²) in [6.07, 6.45) is 0. The molecule has 3 rings (SSSR count). The molecule has 0 unspecified atom stereocenters. The number of nitrogens with one attached hydrogen (secondary N) is 1. The number of aliphatic hydroxyl groups is 1. The quantitative estimate of drug-likeness (QED) is 0.523. The van der Waals surface area contributed by atoms with Crippen molar-refractivity contribution in [3.05, 3.63) is 87.3 Å². The Hall–Kier alpha value is -3.73. The fraction of sp³-hybridized carbons (Fsp3) is 0.227. The molecule has 0 aliphatic heterocycles. The molecule has 0 bridgehead atoms. The molecule has 1 heterocycles. The maximum absolute atomic E-state index is 14.6. The summed E-state index contributed by atoms with van der Waals surface area (Å²) in [5.41, 5.74) is -2.50. The van der Waals surface area contributed by atoms with E-state index in [1.165, 1.54) is 38.3 Å². The van der Waals surface area contributed by atoms with Gasteiger partial charge in [0.25, 0.3) is 17.4 Å². The summed E-state index contributed by atoms with van der Waals surface area (Å²) < 4.78 is 62.2. The zero-order valence-corrected chi connectivity index (χ0v) is 17.5. The molecule has 0 fully saturated rings. The van der Waals surface area contributed by atoms with Crippen molar-refractivity contribution in [2.24, 2.45) is 0 Å². The van der Waals surface area contributed by atoms with Crippen molar-refractivity contribution in [3.63, 3.8) is 0 Å². The molecule has 11 heteroatoms. The number of alkyl halides is 2. The lowest BCUT2D eigenvalue weighted by atomic mass is 10.0. The lowest BCUT2D eigenvalue weighted by Crippen LogP contribution is -2.31. The van der Waals surface area contributed by atoms with Gasteiger partial charge in [-0.1, -0.05) is 12.1 Å². The molecular weight excluding hydrogens is 446 g/mol. The number of amides is 1. The number of hydrogen-bond donors (Lipinski definition) is 2. The third-order valence-corrected chi connectivity index (χ3v) is 4.85. The average Bonchev–Trinajstić information content (AvgIpc) is 2.79. The van der Waals surface area contributed by atoms with Crippen LogP contribution >= 0.6 is 0 Å². The van der Waals surface area contributed by atoms with Crippen LogP contribution in [0.1, 0.15) is 34.6 Å². The largest absolute Gasteiger partial charge is 0.497 e. The van der Waals surface area contributed by atoms with Gasteiger partial charge < -0.3 is 15.2 Å². The molecule has 0 aliphatic carbocycles. The molecule has 33 heavy (non-hydrogen) atoms.